The summed E-state index contributed by atoms with van der Waals surface area (Å²) in [6.07, 6.45) is 1.40. The summed E-state index contributed by atoms with van der Waals surface area (Å²) in [6.45, 7) is 0. The lowest BCUT2D eigenvalue weighted by atomic mass is 10.2. The lowest BCUT2D eigenvalue weighted by Gasteiger charge is -2.03. The lowest BCUT2D eigenvalue weighted by Crippen LogP contribution is -2.17. The number of rotatable bonds is 6. The van der Waals surface area contributed by atoms with Crippen molar-refractivity contribution in [3.05, 3.63) is 92.2 Å². The van der Waals surface area contributed by atoms with Crippen LogP contribution < -0.4 is 10.2 Å². The van der Waals surface area contributed by atoms with Gasteiger partial charge in [-0.25, -0.2) is 10.2 Å². The fourth-order valence-corrected chi connectivity index (χ4v) is 2.76. The smallest absolute Gasteiger partial charge is 0.353 e. The van der Waals surface area contributed by atoms with Crippen LogP contribution in [0.1, 0.15) is 25.6 Å². The molecule has 8 nitrogen and oxygen atoms in total. The van der Waals surface area contributed by atoms with Gasteiger partial charge in [0.1, 0.15) is 10.6 Å². The van der Waals surface area contributed by atoms with Gasteiger partial charge in [0.05, 0.1) is 11.1 Å². The molecule has 1 heterocycles. The Hall–Kier alpha value is -3.85. The molecule has 1 aromatic heterocycles. The van der Waals surface area contributed by atoms with Crippen molar-refractivity contribution in [1.29, 1.82) is 0 Å². The third-order valence-corrected chi connectivity index (χ3v) is 4.36. The van der Waals surface area contributed by atoms with Crippen LogP contribution in [0, 0.1) is 10.1 Å². The van der Waals surface area contributed by atoms with Crippen molar-refractivity contribution in [3.8, 4) is 5.75 Å². The molecule has 0 radical (unpaired) electrons. The molecule has 0 bridgehead atoms. The number of nitrogens with one attached hydrogen (secondary N) is 1. The second kappa shape index (κ2) is 8.69. The predicted octanol–water partition coefficient (Wildman–Crippen LogP) is 3.64. The number of hydrazone groups is 1. The van der Waals surface area contributed by atoms with Crippen LogP contribution in [0.5, 0.6) is 5.75 Å². The Balaban J connectivity index is 1.57. The summed E-state index contributed by atoms with van der Waals surface area (Å²) in [7, 11) is 0. The van der Waals surface area contributed by atoms with E-state index in [4.69, 9.17) is 4.74 Å². The van der Waals surface area contributed by atoms with E-state index in [1.54, 1.807) is 41.8 Å². The molecule has 0 spiro atoms. The first-order valence-electron chi connectivity index (χ1n) is 7.96. The molecule has 0 aliphatic carbocycles. The highest BCUT2D eigenvalue weighted by molar-refractivity contribution is 7.12. The minimum absolute atomic E-state index is 0.127. The fourth-order valence-electron chi connectivity index (χ4n) is 2.16. The number of carbonyl (C=O) groups excluding carboxylic acids is 2. The van der Waals surface area contributed by atoms with E-state index >= 15 is 0 Å². The van der Waals surface area contributed by atoms with E-state index in [1.807, 2.05) is 0 Å². The molecule has 28 heavy (non-hydrogen) atoms. The number of amides is 1. The standard InChI is InChI=1S/C19H13N3O5S/c23-18(14-3-1-4-15(11-14)22(25)26)21-20-12-13-6-8-16(9-7-13)27-19(24)17-5-2-10-28-17/h1-12H,(H,21,23)/b20-12-. The highest BCUT2D eigenvalue weighted by Crippen LogP contribution is 2.16. The van der Waals surface area contributed by atoms with Gasteiger partial charge in [0.15, 0.2) is 0 Å². The van der Waals surface area contributed by atoms with E-state index < -0.39 is 16.8 Å². The Kier molecular flexibility index (Phi) is 5.87. The van der Waals surface area contributed by atoms with Crippen molar-refractivity contribution in [2.24, 2.45) is 5.10 Å². The quantitative estimate of drug-likeness (QED) is 0.225. The summed E-state index contributed by atoms with van der Waals surface area (Å²) >= 11 is 1.29. The number of nitrogens with zero attached hydrogens (tertiary/aromatic N) is 2. The molecular weight excluding hydrogens is 382 g/mol. The van der Waals surface area contributed by atoms with Crippen molar-refractivity contribution >= 4 is 35.1 Å². The number of carbonyl (C=O) groups is 2. The van der Waals surface area contributed by atoms with Gasteiger partial charge in [-0.3, -0.25) is 14.9 Å². The minimum Gasteiger partial charge on any atom is -0.422 e. The number of hydrogen-bond donors (Lipinski definition) is 1. The number of ether oxygens (including phenoxy) is 1. The van der Waals surface area contributed by atoms with E-state index in [9.17, 15) is 19.7 Å². The number of thiophene rings is 1. The summed E-state index contributed by atoms with van der Waals surface area (Å²) < 4.78 is 5.25. The number of hydrogen-bond acceptors (Lipinski definition) is 7. The van der Waals surface area contributed by atoms with Crippen molar-refractivity contribution in [2.75, 3.05) is 0 Å². The predicted molar refractivity (Wildman–Crippen MR) is 104 cm³/mol. The number of nitro groups is 1. The number of nitro benzene ring substituents is 1. The van der Waals surface area contributed by atoms with Gasteiger partial charge in [0, 0.05) is 17.7 Å². The highest BCUT2D eigenvalue weighted by atomic mass is 32.1. The Bertz CT molecular complexity index is 1030. The summed E-state index contributed by atoms with van der Waals surface area (Å²) in [5.74, 6) is -0.613. The molecule has 0 aliphatic heterocycles. The maximum atomic E-state index is 12.0. The maximum absolute atomic E-state index is 12.0. The molecule has 3 aromatic rings. The SMILES string of the molecule is O=C(N/N=C\c1ccc(OC(=O)c2cccs2)cc1)c1cccc([N+](=O)[O-])c1. The Morgan fingerprint density at radius 1 is 1.11 bits per heavy atom. The summed E-state index contributed by atoms with van der Waals surface area (Å²) in [6, 6.07) is 15.3. The molecule has 2 aromatic carbocycles. The second-order valence-corrected chi connectivity index (χ2v) is 6.39. The van der Waals surface area contributed by atoms with Gasteiger partial charge >= 0.3 is 5.97 Å². The molecule has 0 saturated carbocycles. The zero-order valence-electron chi connectivity index (χ0n) is 14.3. The molecule has 3 rings (SSSR count). The molecule has 0 aliphatic rings. The van der Waals surface area contributed by atoms with Gasteiger partial charge in [-0.15, -0.1) is 11.3 Å². The third kappa shape index (κ3) is 4.86. The molecular formula is C19H13N3O5S. The molecule has 1 amide bonds. The zero-order chi connectivity index (χ0) is 19.9. The molecule has 140 valence electrons. The molecule has 1 N–H and O–H groups in total. The van der Waals surface area contributed by atoms with E-state index in [1.165, 1.54) is 41.8 Å². The topological polar surface area (TPSA) is 111 Å². The number of esters is 1. The fraction of sp³-hybridized carbons (Fsp3) is 0. The van der Waals surface area contributed by atoms with Crippen LogP contribution >= 0.6 is 11.3 Å². The minimum atomic E-state index is -0.577. The van der Waals surface area contributed by atoms with Gasteiger partial charge in [-0.05, 0) is 47.3 Å². The molecule has 9 heteroatoms. The monoisotopic (exact) mass is 395 g/mol. The Morgan fingerprint density at radius 2 is 1.89 bits per heavy atom. The van der Waals surface area contributed by atoms with E-state index in [0.29, 0.717) is 16.2 Å². The molecule has 0 fully saturated rings. The maximum Gasteiger partial charge on any atom is 0.353 e. The first-order chi connectivity index (χ1) is 13.5. The van der Waals surface area contributed by atoms with Crippen LogP contribution in [0.3, 0.4) is 0 Å². The molecule has 0 atom stereocenters. The van der Waals surface area contributed by atoms with Crippen molar-refractivity contribution < 1.29 is 19.2 Å². The second-order valence-electron chi connectivity index (χ2n) is 5.44. The van der Waals surface area contributed by atoms with Crippen LogP contribution in [0.15, 0.2) is 71.1 Å². The van der Waals surface area contributed by atoms with Crippen molar-refractivity contribution in [1.82, 2.24) is 5.43 Å². The van der Waals surface area contributed by atoms with E-state index in [2.05, 4.69) is 10.5 Å². The molecule has 0 saturated heterocycles. The van der Waals surface area contributed by atoms with Gasteiger partial charge in [0.25, 0.3) is 11.6 Å². The average molecular weight is 395 g/mol. The average Bonchev–Trinajstić information content (AvgIpc) is 3.24. The van der Waals surface area contributed by atoms with Crippen molar-refractivity contribution in [3.63, 3.8) is 0 Å². The summed E-state index contributed by atoms with van der Waals surface area (Å²) in [5, 5.41) is 16.4. The Morgan fingerprint density at radius 3 is 2.57 bits per heavy atom. The Labute approximate surface area is 163 Å². The van der Waals surface area contributed by atoms with Crippen LogP contribution in [-0.2, 0) is 0 Å². The van der Waals surface area contributed by atoms with Gasteiger partial charge < -0.3 is 4.74 Å². The number of non-ortho nitro benzene ring substituents is 1. The van der Waals surface area contributed by atoms with Gasteiger partial charge in [-0.1, -0.05) is 12.1 Å². The zero-order valence-corrected chi connectivity index (χ0v) is 15.1. The highest BCUT2D eigenvalue weighted by Gasteiger charge is 2.11. The first-order valence-corrected chi connectivity index (χ1v) is 8.84. The normalized spacial score (nSPS) is 10.6. The third-order valence-electron chi connectivity index (χ3n) is 3.51. The van der Waals surface area contributed by atoms with E-state index in [-0.39, 0.29) is 11.3 Å². The van der Waals surface area contributed by atoms with Gasteiger partial charge in [-0.2, -0.15) is 5.10 Å². The van der Waals surface area contributed by atoms with Crippen LogP contribution in [-0.4, -0.2) is 23.0 Å². The van der Waals surface area contributed by atoms with Crippen molar-refractivity contribution in [2.45, 2.75) is 0 Å². The largest absolute Gasteiger partial charge is 0.422 e. The summed E-state index contributed by atoms with van der Waals surface area (Å²) in [4.78, 5) is 34.6. The van der Waals surface area contributed by atoms with Crippen LogP contribution in [0.25, 0.3) is 0 Å². The molecule has 0 unspecified atom stereocenters. The summed E-state index contributed by atoms with van der Waals surface area (Å²) in [5.41, 5.74) is 2.92. The first kappa shape index (κ1) is 18.9. The van der Waals surface area contributed by atoms with Crippen LogP contribution in [0.2, 0.25) is 0 Å². The number of benzene rings is 2. The van der Waals surface area contributed by atoms with E-state index in [0.717, 1.165) is 0 Å². The van der Waals surface area contributed by atoms with Crippen LogP contribution in [0.4, 0.5) is 5.69 Å². The lowest BCUT2D eigenvalue weighted by molar-refractivity contribution is -0.384. The van der Waals surface area contributed by atoms with Gasteiger partial charge in [0.2, 0.25) is 0 Å².